The van der Waals surface area contributed by atoms with Crippen LogP contribution >= 0.6 is 11.6 Å². The Morgan fingerprint density at radius 3 is 2.54 bits per heavy atom. The van der Waals surface area contributed by atoms with Crippen LogP contribution in [0.3, 0.4) is 0 Å². The molecule has 0 atom stereocenters. The molecule has 0 aliphatic carbocycles. The van der Waals surface area contributed by atoms with Crippen molar-refractivity contribution in [1.82, 2.24) is 0 Å². The molecule has 2 aromatic carbocycles. The van der Waals surface area contributed by atoms with Crippen LogP contribution in [0, 0.1) is 5.82 Å². The van der Waals surface area contributed by atoms with E-state index in [4.69, 9.17) is 11.6 Å². The molecule has 126 valence electrons. The van der Waals surface area contributed by atoms with Crippen LogP contribution in [0.5, 0.6) is 0 Å². The van der Waals surface area contributed by atoms with Crippen molar-refractivity contribution in [3.63, 3.8) is 0 Å². The molecule has 0 saturated carbocycles. The third-order valence-corrected chi connectivity index (χ3v) is 3.86. The minimum atomic E-state index is -0.578. The molecule has 0 bridgehead atoms. The van der Waals surface area contributed by atoms with Gasteiger partial charge in [0.25, 0.3) is 0 Å². The van der Waals surface area contributed by atoms with E-state index in [1.807, 2.05) is 31.2 Å². The highest BCUT2D eigenvalue weighted by Crippen LogP contribution is 2.23. The van der Waals surface area contributed by atoms with Crippen molar-refractivity contribution in [3.05, 3.63) is 58.9 Å². The van der Waals surface area contributed by atoms with Crippen LogP contribution in [0.25, 0.3) is 0 Å². The molecule has 0 radical (unpaired) electrons. The Morgan fingerprint density at radius 1 is 1.21 bits per heavy atom. The maximum absolute atomic E-state index is 13.3. The van der Waals surface area contributed by atoms with E-state index in [1.54, 1.807) is 0 Å². The van der Waals surface area contributed by atoms with Crippen molar-refractivity contribution < 1.29 is 14.0 Å². The number of rotatable bonds is 5. The monoisotopic (exact) mass is 348 g/mol. The number of halogens is 2. The van der Waals surface area contributed by atoms with E-state index < -0.39 is 5.82 Å². The molecule has 2 amide bonds. The molecule has 0 unspecified atom stereocenters. The van der Waals surface area contributed by atoms with Gasteiger partial charge in [-0.1, -0.05) is 36.7 Å². The van der Waals surface area contributed by atoms with Gasteiger partial charge < -0.3 is 10.2 Å². The zero-order valence-corrected chi connectivity index (χ0v) is 14.2. The van der Waals surface area contributed by atoms with Gasteiger partial charge in [0.15, 0.2) is 0 Å². The topological polar surface area (TPSA) is 49.4 Å². The van der Waals surface area contributed by atoms with Crippen molar-refractivity contribution in [3.8, 4) is 0 Å². The van der Waals surface area contributed by atoms with Crippen molar-refractivity contribution in [2.75, 3.05) is 16.8 Å². The van der Waals surface area contributed by atoms with Gasteiger partial charge >= 0.3 is 0 Å². The summed E-state index contributed by atoms with van der Waals surface area (Å²) in [6, 6.07) is 11.4. The number of aryl methyl sites for hydroxylation is 1. The Kier molecular flexibility index (Phi) is 5.93. The molecule has 1 N–H and O–H groups in total. The predicted octanol–water partition coefficient (Wildman–Crippen LogP) is 4.03. The van der Waals surface area contributed by atoms with Crippen LogP contribution < -0.4 is 10.2 Å². The lowest BCUT2D eigenvalue weighted by Crippen LogP contribution is -2.36. The number of amides is 2. The molecule has 0 aromatic heterocycles. The van der Waals surface area contributed by atoms with Crippen LogP contribution in [-0.2, 0) is 16.0 Å². The first-order valence-corrected chi connectivity index (χ1v) is 7.91. The molecule has 0 spiro atoms. The van der Waals surface area contributed by atoms with E-state index in [2.05, 4.69) is 5.32 Å². The summed E-state index contributed by atoms with van der Waals surface area (Å²) in [6.07, 6.45) is 0.778. The fourth-order valence-corrected chi connectivity index (χ4v) is 2.50. The summed E-state index contributed by atoms with van der Waals surface area (Å²) >= 11 is 5.75. The summed E-state index contributed by atoms with van der Waals surface area (Å²) < 4.78 is 13.3. The number of para-hydroxylation sites is 1. The van der Waals surface area contributed by atoms with E-state index in [-0.39, 0.29) is 23.4 Å². The Balaban J connectivity index is 2.17. The van der Waals surface area contributed by atoms with Gasteiger partial charge in [-0.2, -0.15) is 0 Å². The minimum absolute atomic E-state index is 0.101. The van der Waals surface area contributed by atoms with Gasteiger partial charge in [0.2, 0.25) is 11.8 Å². The number of carbonyl (C=O) groups excluding carboxylic acids is 2. The normalized spacial score (nSPS) is 10.3. The van der Waals surface area contributed by atoms with Crippen molar-refractivity contribution in [2.24, 2.45) is 0 Å². The lowest BCUT2D eigenvalue weighted by molar-refractivity contribution is -0.120. The van der Waals surface area contributed by atoms with Crippen LogP contribution in [0.15, 0.2) is 42.5 Å². The SMILES string of the molecule is CCc1ccccc1NC(=O)CN(C(C)=O)c1ccc(F)c(Cl)c1. The fourth-order valence-electron chi connectivity index (χ4n) is 2.32. The Bertz CT molecular complexity index is 764. The highest BCUT2D eigenvalue weighted by atomic mass is 35.5. The third-order valence-electron chi connectivity index (χ3n) is 3.57. The van der Waals surface area contributed by atoms with Crippen LogP contribution in [0.4, 0.5) is 15.8 Å². The minimum Gasteiger partial charge on any atom is -0.324 e. The first kappa shape index (κ1) is 17.9. The van der Waals surface area contributed by atoms with Gasteiger partial charge in [0.1, 0.15) is 12.4 Å². The van der Waals surface area contributed by atoms with Gasteiger partial charge in [0, 0.05) is 18.3 Å². The van der Waals surface area contributed by atoms with Crippen LogP contribution in [0.2, 0.25) is 5.02 Å². The second-order valence-corrected chi connectivity index (χ2v) is 5.67. The number of hydrogen-bond donors (Lipinski definition) is 1. The smallest absolute Gasteiger partial charge is 0.244 e. The highest BCUT2D eigenvalue weighted by molar-refractivity contribution is 6.31. The molecule has 2 aromatic rings. The molecule has 0 heterocycles. The number of benzene rings is 2. The second kappa shape index (κ2) is 7.93. The number of carbonyl (C=O) groups is 2. The maximum Gasteiger partial charge on any atom is 0.244 e. The number of nitrogens with zero attached hydrogens (tertiary/aromatic N) is 1. The molecule has 4 nitrogen and oxygen atoms in total. The zero-order valence-electron chi connectivity index (χ0n) is 13.5. The fraction of sp³-hybridized carbons (Fsp3) is 0.222. The van der Waals surface area contributed by atoms with E-state index in [9.17, 15) is 14.0 Å². The lowest BCUT2D eigenvalue weighted by atomic mass is 10.1. The molecule has 24 heavy (non-hydrogen) atoms. The lowest BCUT2D eigenvalue weighted by Gasteiger charge is -2.21. The summed E-state index contributed by atoms with van der Waals surface area (Å²) in [5.41, 5.74) is 2.09. The Hall–Kier alpha value is -2.40. The van der Waals surface area contributed by atoms with Gasteiger partial charge in [-0.25, -0.2) is 4.39 Å². The van der Waals surface area contributed by atoms with E-state index in [1.165, 1.54) is 24.0 Å². The van der Waals surface area contributed by atoms with Gasteiger partial charge in [-0.05, 0) is 36.2 Å². The van der Waals surface area contributed by atoms with Gasteiger partial charge in [0.05, 0.1) is 5.02 Å². The largest absolute Gasteiger partial charge is 0.324 e. The summed E-state index contributed by atoms with van der Waals surface area (Å²) in [4.78, 5) is 25.4. The van der Waals surface area contributed by atoms with E-state index in [0.717, 1.165) is 18.1 Å². The molecule has 6 heteroatoms. The van der Waals surface area contributed by atoms with Crippen LogP contribution in [0.1, 0.15) is 19.4 Å². The summed E-state index contributed by atoms with van der Waals surface area (Å²) in [5.74, 6) is -1.26. The summed E-state index contributed by atoms with van der Waals surface area (Å²) in [7, 11) is 0. The molecule has 0 aliphatic heterocycles. The van der Waals surface area contributed by atoms with E-state index >= 15 is 0 Å². The quantitative estimate of drug-likeness (QED) is 0.886. The van der Waals surface area contributed by atoms with Crippen LogP contribution in [-0.4, -0.2) is 18.4 Å². The highest BCUT2D eigenvalue weighted by Gasteiger charge is 2.17. The average molecular weight is 349 g/mol. The Labute approximate surface area is 145 Å². The van der Waals surface area contributed by atoms with Crippen molar-refractivity contribution in [1.29, 1.82) is 0 Å². The molecule has 2 rings (SSSR count). The van der Waals surface area contributed by atoms with Crippen molar-refractivity contribution in [2.45, 2.75) is 20.3 Å². The standard InChI is InChI=1S/C18H18ClFN2O2/c1-3-13-6-4-5-7-17(13)21-18(24)11-22(12(2)23)14-8-9-16(20)15(19)10-14/h4-10H,3,11H2,1-2H3,(H,21,24). The van der Waals surface area contributed by atoms with E-state index in [0.29, 0.717) is 11.4 Å². The molecular weight excluding hydrogens is 331 g/mol. The second-order valence-electron chi connectivity index (χ2n) is 5.26. The molecule has 0 fully saturated rings. The molecule has 0 aliphatic rings. The summed E-state index contributed by atoms with van der Waals surface area (Å²) in [6.45, 7) is 3.15. The van der Waals surface area contributed by atoms with Crippen molar-refractivity contribution >= 4 is 34.8 Å². The first-order valence-electron chi connectivity index (χ1n) is 7.53. The number of hydrogen-bond acceptors (Lipinski definition) is 2. The number of nitrogens with one attached hydrogen (secondary N) is 1. The Morgan fingerprint density at radius 2 is 1.92 bits per heavy atom. The first-order chi connectivity index (χ1) is 11.4. The predicted molar refractivity (Wildman–Crippen MR) is 93.9 cm³/mol. The molecule has 0 saturated heterocycles. The zero-order chi connectivity index (χ0) is 17.7. The summed E-state index contributed by atoms with van der Waals surface area (Å²) in [5, 5.41) is 2.70. The molecular formula is C18H18ClFN2O2. The number of anilines is 2. The van der Waals surface area contributed by atoms with Gasteiger partial charge in [-0.15, -0.1) is 0 Å². The average Bonchev–Trinajstić information content (AvgIpc) is 2.55. The van der Waals surface area contributed by atoms with Gasteiger partial charge in [-0.3, -0.25) is 9.59 Å². The third kappa shape index (κ3) is 4.32. The maximum atomic E-state index is 13.3.